The molecule has 0 unspecified atom stereocenters. The van der Waals surface area contributed by atoms with E-state index in [0.717, 1.165) is 17.0 Å². The second-order valence-corrected chi connectivity index (χ2v) is 3.44. The molecule has 0 atom stereocenters. The normalized spacial score (nSPS) is 11.2. The first kappa shape index (κ1) is 11.3. The van der Waals surface area contributed by atoms with Gasteiger partial charge in [-0.25, -0.2) is 0 Å². The predicted molar refractivity (Wildman–Crippen MR) is 67.9 cm³/mol. The Bertz CT molecular complexity index is 439. The van der Waals surface area contributed by atoms with Gasteiger partial charge in [0, 0.05) is 11.8 Å². The Morgan fingerprint density at radius 3 is 2.53 bits per heavy atom. The van der Waals surface area contributed by atoms with Gasteiger partial charge in [-0.1, -0.05) is 41.6 Å². The van der Waals surface area contributed by atoms with Gasteiger partial charge in [0.05, 0.1) is 5.69 Å². The third kappa shape index (κ3) is 2.91. The van der Waals surface area contributed by atoms with E-state index in [4.69, 9.17) is 4.84 Å². The quantitative estimate of drug-likeness (QED) is 0.593. The van der Waals surface area contributed by atoms with Gasteiger partial charge in [0.15, 0.2) is 0 Å². The molecule has 2 aromatic rings. The van der Waals surface area contributed by atoms with Crippen molar-refractivity contribution < 1.29 is 4.84 Å². The fourth-order valence-electron chi connectivity index (χ4n) is 1.48. The second kappa shape index (κ2) is 5.80. The van der Waals surface area contributed by atoms with Crippen molar-refractivity contribution in [2.45, 2.75) is 6.92 Å². The monoisotopic (exact) mass is 226 g/mol. The lowest BCUT2D eigenvalue weighted by atomic mass is 10.1. The summed E-state index contributed by atoms with van der Waals surface area (Å²) in [5.41, 5.74) is 2.57. The molecule has 0 amide bonds. The molecule has 0 radical (unpaired) electrons. The van der Waals surface area contributed by atoms with Crippen LogP contribution in [0, 0.1) is 0 Å². The van der Waals surface area contributed by atoms with Gasteiger partial charge in [-0.2, -0.15) is 0 Å². The van der Waals surface area contributed by atoms with E-state index in [1.807, 2.05) is 55.5 Å². The van der Waals surface area contributed by atoms with Crippen molar-refractivity contribution in [3.05, 3.63) is 66.0 Å². The van der Waals surface area contributed by atoms with Crippen LogP contribution >= 0.6 is 0 Å². The van der Waals surface area contributed by atoms with Gasteiger partial charge < -0.3 is 4.84 Å². The fourth-order valence-corrected chi connectivity index (χ4v) is 1.48. The Morgan fingerprint density at radius 2 is 1.88 bits per heavy atom. The summed E-state index contributed by atoms with van der Waals surface area (Å²) < 4.78 is 0. The van der Waals surface area contributed by atoms with Crippen molar-refractivity contribution in [2.24, 2.45) is 5.16 Å². The molecule has 1 aromatic carbocycles. The summed E-state index contributed by atoms with van der Waals surface area (Å²) in [5, 5.41) is 4.14. The number of nitrogens with zero attached hydrogens (tertiary/aromatic N) is 2. The summed E-state index contributed by atoms with van der Waals surface area (Å²) in [6.07, 6.45) is 1.75. The zero-order valence-electron chi connectivity index (χ0n) is 9.71. The van der Waals surface area contributed by atoms with Crippen molar-refractivity contribution in [3.8, 4) is 0 Å². The lowest BCUT2D eigenvalue weighted by molar-refractivity contribution is 0.159. The van der Waals surface area contributed by atoms with Gasteiger partial charge in [0.2, 0.25) is 0 Å². The van der Waals surface area contributed by atoms with Gasteiger partial charge in [0.25, 0.3) is 0 Å². The number of hydrogen-bond acceptors (Lipinski definition) is 3. The maximum Gasteiger partial charge on any atom is 0.135 e. The standard InChI is InChI=1S/C14H14N2O/c1-2-17-16-14(12-8-4-3-5-9-12)13-10-6-7-11-15-13/h3-11H,2H2,1H3/b16-14+. The van der Waals surface area contributed by atoms with Crippen LogP contribution in [0.3, 0.4) is 0 Å². The molecule has 3 nitrogen and oxygen atoms in total. The van der Waals surface area contributed by atoms with Crippen molar-refractivity contribution in [2.75, 3.05) is 6.61 Å². The lowest BCUT2D eigenvalue weighted by Crippen LogP contribution is -2.06. The van der Waals surface area contributed by atoms with Crippen LogP contribution < -0.4 is 0 Å². The molecule has 0 aliphatic heterocycles. The minimum atomic E-state index is 0.545. The molecule has 17 heavy (non-hydrogen) atoms. The minimum Gasteiger partial charge on any atom is -0.396 e. The van der Waals surface area contributed by atoms with Crippen LogP contribution in [0.5, 0.6) is 0 Å². The number of rotatable bonds is 4. The van der Waals surface area contributed by atoms with Crippen LogP contribution in [0.4, 0.5) is 0 Å². The third-order valence-corrected chi connectivity index (χ3v) is 2.24. The van der Waals surface area contributed by atoms with Crippen LogP contribution in [0.1, 0.15) is 18.2 Å². The summed E-state index contributed by atoms with van der Waals surface area (Å²) >= 11 is 0. The Kier molecular flexibility index (Phi) is 3.86. The zero-order valence-corrected chi connectivity index (χ0v) is 9.71. The summed E-state index contributed by atoms with van der Waals surface area (Å²) in [6.45, 7) is 2.45. The topological polar surface area (TPSA) is 34.5 Å². The minimum absolute atomic E-state index is 0.545. The molecule has 0 bridgehead atoms. The molecule has 0 spiro atoms. The lowest BCUT2D eigenvalue weighted by Gasteiger charge is -2.05. The van der Waals surface area contributed by atoms with Gasteiger partial charge in [-0.05, 0) is 19.1 Å². The summed E-state index contributed by atoms with van der Waals surface area (Å²) in [6, 6.07) is 15.6. The van der Waals surface area contributed by atoms with E-state index in [-0.39, 0.29) is 0 Å². The van der Waals surface area contributed by atoms with Crippen molar-refractivity contribution in [1.82, 2.24) is 4.98 Å². The first-order chi connectivity index (χ1) is 8.42. The molecule has 1 aromatic heterocycles. The highest BCUT2D eigenvalue weighted by molar-refractivity contribution is 6.11. The van der Waals surface area contributed by atoms with E-state index in [2.05, 4.69) is 10.1 Å². The summed E-state index contributed by atoms with van der Waals surface area (Å²) in [5.74, 6) is 0. The van der Waals surface area contributed by atoms with Crippen molar-refractivity contribution in [1.29, 1.82) is 0 Å². The Hall–Kier alpha value is -2.16. The van der Waals surface area contributed by atoms with Crippen molar-refractivity contribution in [3.63, 3.8) is 0 Å². The smallest absolute Gasteiger partial charge is 0.135 e. The molecule has 0 aliphatic rings. The molecular weight excluding hydrogens is 212 g/mol. The molecule has 0 N–H and O–H groups in total. The van der Waals surface area contributed by atoms with Crippen LogP contribution in [-0.2, 0) is 4.84 Å². The molecule has 1 heterocycles. The average molecular weight is 226 g/mol. The van der Waals surface area contributed by atoms with Gasteiger partial charge >= 0.3 is 0 Å². The summed E-state index contributed by atoms with van der Waals surface area (Å²) in [7, 11) is 0. The van der Waals surface area contributed by atoms with Crippen molar-refractivity contribution >= 4 is 5.71 Å². The van der Waals surface area contributed by atoms with E-state index in [1.165, 1.54) is 0 Å². The zero-order chi connectivity index (χ0) is 11.9. The highest BCUT2D eigenvalue weighted by atomic mass is 16.6. The SMILES string of the molecule is CCO/N=C(\c1ccccc1)c1ccccn1. The number of pyridine rings is 1. The second-order valence-electron chi connectivity index (χ2n) is 3.44. The predicted octanol–water partition coefficient (Wildman–Crippen LogP) is 2.87. The Balaban J connectivity index is 2.40. The highest BCUT2D eigenvalue weighted by Crippen LogP contribution is 2.08. The van der Waals surface area contributed by atoms with Gasteiger partial charge in [-0.3, -0.25) is 4.98 Å². The molecule has 0 saturated carbocycles. The molecule has 0 aliphatic carbocycles. The fraction of sp³-hybridized carbons (Fsp3) is 0.143. The van der Waals surface area contributed by atoms with Gasteiger partial charge in [0.1, 0.15) is 12.3 Å². The maximum absolute atomic E-state index is 5.15. The first-order valence-electron chi connectivity index (χ1n) is 5.58. The van der Waals surface area contributed by atoms with Gasteiger partial charge in [-0.15, -0.1) is 0 Å². The molecule has 0 saturated heterocycles. The van der Waals surface area contributed by atoms with Crippen LogP contribution in [-0.4, -0.2) is 17.3 Å². The first-order valence-corrected chi connectivity index (χ1v) is 5.58. The van der Waals surface area contributed by atoms with E-state index in [1.54, 1.807) is 6.20 Å². The van der Waals surface area contributed by atoms with E-state index in [9.17, 15) is 0 Å². The number of aromatic nitrogens is 1. The average Bonchev–Trinajstić information content (AvgIpc) is 2.42. The number of benzene rings is 1. The maximum atomic E-state index is 5.15. The third-order valence-electron chi connectivity index (χ3n) is 2.24. The number of hydrogen-bond donors (Lipinski definition) is 0. The largest absolute Gasteiger partial charge is 0.396 e. The van der Waals surface area contributed by atoms with Crippen LogP contribution in [0.25, 0.3) is 0 Å². The van der Waals surface area contributed by atoms with Crippen LogP contribution in [0.2, 0.25) is 0 Å². The Morgan fingerprint density at radius 1 is 1.12 bits per heavy atom. The molecule has 3 heteroatoms. The number of oxime groups is 1. The molecule has 2 rings (SSSR count). The summed E-state index contributed by atoms with van der Waals surface area (Å²) in [4.78, 5) is 9.45. The van der Waals surface area contributed by atoms with E-state index < -0.39 is 0 Å². The molecular formula is C14H14N2O. The highest BCUT2D eigenvalue weighted by Gasteiger charge is 2.07. The van der Waals surface area contributed by atoms with E-state index in [0.29, 0.717) is 6.61 Å². The van der Waals surface area contributed by atoms with Crippen LogP contribution in [0.15, 0.2) is 59.9 Å². The molecule has 0 fully saturated rings. The molecule has 86 valence electrons. The Labute approximate surface area is 101 Å². The van der Waals surface area contributed by atoms with E-state index >= 15 is 0 Å².